The van der Waals surface area contributed by atoms with E-state index in [1.807, 2.05) is 123 Å². The minimum atomic E-state index is 0.288. The van der Waals surface area contributed by atoms with Crippen LogP contribution in [0.3, 0.4) is 0 Å². The van der Waals surface area contributed by atoms with E-state index < -0.39 is 0 Å². The van der Waals surface area contributed by atoms with Crippen molar-refractivity contribution < 1.29 is 76.3 Å². The van der Waals surface area contributed by atoms with E-state index in [9.17, 15) is 38.4 Å². The van der Waals surface area contributed by atoms with Crippen molar-refractivity contribution in [2.45, 2.75) is 34.6 Å². The van der Waals surface area contributed by atoms with Crippen molar-refractivity contribution in [1.82, 2.24) is 59.8 Å². The SMILES string of the molecule is Cc1cc(C)cc(/C=C/c2ccnc(-c3cc(OC=O)cc(-c4cc(OC=O)ccn4)n3)c2)c1.Cc1ccc(/C=C/c2ccnc(-c3cc(OC=O)cc(-c4cc(OC=O)ccn4)n3)c2)cc1.Cc1ccc(/C=C/c2ccnc(-c3cc(OC=O)cc(-c4cc(OC=O)ccn4)n3)c2)cc1.Cc1ccccc1/C=C/c1ccnc(-c2cc(OC=O)cc(-c3cc(OC=O)ccn3)n2)c1. The van der Waals surface area contributed by atoms with Crippen molar-refractivity contribution in [3.63, 3.8) is 0 Å². The molecule has 16 aromatic rings. The van der Waals surface area contributed by atoms with Crippen molar-refractivity contribution in [2.24, 2.45) is 0 Å². The van der Waals surface area contributed by atoms with Gasteiger partial charge in [-0.3, -0.25) is 78.2 Å². The molecule has 0 aliphatic heterocycles. The minimum Gasteiger partial charge on any atom is -0.429 e. The summed E-state index contributed by atoms with van der Waals surface area (Å²) in [6, 6.07) is 71.4. The Morgan fingerprint density at radius 2 is 0.398 bits per heavy atom. The lowest BCUT2D eigenvalue weighted by atomic mass is 10.1. The van der Waals surface area contributed by atoms with Gasteiger partial charge in [-0.15, -0.1) is 0 Å². The van der Waals surface area contributed by atoms with Gasteiger partial charge in [0.25, 0.3) is 51.8 Å². The van der Waals surface area contributed by atoms with Crippen LogP contribution in [0.2, 0.25) is 0 Å². The number of ether oxygens (including phenoxy) is 8. The molecule has 0 N–H and O–H groups in total. The van der Waals surface area contributed by atoms with E-state index in [1.54, 1.807) is 122 Å². The average molecular weight is 1760 g/mol. The summed E-state index contributed by atoms with van der Waals surface area (Å²) in [5, 5.41) is 0. The van der Waals surface area contributed by atoms with Gasteiger partial charge >= 0.3 is 0 Å². The van der Waals surface area contributed by atoms with Gasteiger partial charge in [0.2, 0.25) is 0 Å². The fraction of sp³-hybridized carbons (Fsp3) is 0.0476. The summed E-state index contributed by atoms with van der Waals surface area (Å²) in [5.74, 6) is 2.44. The van der Waals surface area contributed by atoms with Crippen LogP contribution in [0, 0.1) is 34.6 Å². The summed E-state index contributed by atoms with van der Waals surface area (Å²) >= 11 is 0. The van der Waals surface area contributed by atoms with Crippen LogP contribution in [0.5, 0.6) is 46.0 Å². The maximum atomic E-state index is 11.0. The largest absolute Gasteiger partial charge is 0.429 e. The van der Waals surface area contributed by atoms with E-state index >= 15 is 0 Å². The first-order chi connectivity index (χ1) is 65.0. The lowest BCUT2D eigenvalue weighted by Gasteiger charge is -2.08. The molecule has 0 unspecified atom stereocenters. The number of hydrogen-bond acceptors (Lipinski definition) is 28. The van der Waals surface area contributed by atoms with Crippen LogP contribution in [0.4, 0.5) is 0 Å². The Balaban J connectivity index is 0.000000151. The molecule has 654 valence electrons. The van der Waals surface area contributed by atoms with Crippen molar-refractivity contribution in [1.29, 1.82) is 0 Å². The average Bonchev–Trinajstić information content (AvgIpc) is 0.819. The highest BCUT2D eigenvalue weighted by atomic mass is 16.5. The third-order valence-corrected chi connectivity index (χ3v) is 19.3. The van der Waals surface area contributed by atoms with Gasteiger partial charge in [0, 0.05) is 122 Å². The van der Waals surface area contributed by atoms with Crippen LogP contribution in [0.25, 0.3) is 140 Å². The van der Waals surface area contributed by atoms with E-state index in [-0.39, 0.29) is 23.0 Å². The standard InChI is InChI=1S/C27H21N3O4.3C26H19N3O4/c1-18-9-19(2)11-21(10-18)4-3-20-5-7-28-24(12-20)26-14-23(34-17-32)15-27(30-26)25-13-22(33-16-31)6-8-29-25;2*1-18-2-4-19(5-3-18)6-7-20-8-10-27-23(12-20)25-14-22(33-17-31)15-26(29-25)24-13-21(32-16-30)9-11-28-24;1-18-4-2-3-5-20(18)7-6-19-8-10-27-23(12-19)25-14-22(33-17-31)15-26(29-25)24-13-21(32-16-30)9-11-28-24/h3-17H,1-2H3;3*2-17H,1H3/b4-3+;3*7-6+. The molecule has 12 heterocycles. The van der Waals surface area contributed by atoms with Gasteiger partial charge < -0.3 is 37.9 Å². The highest BCUT2D eigenvalue weighted by Gasteiger charge is 2.18. The maximum absolute atomic E-state index is 11.0. The summed E-state index contributed by atoms with van der Waals surface area (Å²) in [6.45, 7) is 13.0. The first-order valence-electron chi connectivity index (χ1n) is 40.6. The van der Waals surface area contributed by atoms with Gasteiger partial charge in [0.05, 0.1) is 91.1 Å². The second-order valence-corrected chi connectivity index (χ2v) is 28.8. The zero-order chi connectivity index (χ0) is 93.1. The molecule has 4 aromatic carbocycles. The number of carbonyl (C=O) groups excluding carboxylic acids is 8. The number of aromatic nitrogens is 12. The molecule has 0 aliphatic rings. The number of rotatable bonds is 32. The lowest BCUT2D eigenvalue weighted by Crippen LogP contribution is -1.97. The van der Waals surface area contributed by atoms with Crippen LogP contribution in [-0.4, -0.2) is 112 Å². The highest BCUT2D eigenvalue weighted by Crippen LogP contribution is 2.35. The molecule has 16 rings (SSSR count). The van der Waals surface area contributed by atoms with E-state index in [0.717, 1.165) is 44.5 Å². The Hall–Kier alpha value is -18.6. The van der Waals surface area contributed by atoms with Gasteiger partial charge in [-0.05, 0) is 157 Å². The quantitative estimate of drug-likeness (QED) is 0.0353. The fourth-order valence-electron chi connectivity index (χ4n) is 13.0. The number of hydrogen-bond donors (Lipinski definition) is 0. The molecule has 0 saturated carbocycles. The first kappa shape index (κ1) is 92.1. The molecule has 0 bridgehead atoms. The second kappa shape index (κ2) is 46.6. The summed E-state index contributed by atoms with van der Waals surface area (Å²) in [4.78, 5) is 140. The normalized spacial score (nSPS) is 10.7. The Bertz CT molecular complexity index is 6790. The molecule has 0 atom stereocenters. The molecule has 28 heteroatoms. The molecule has 0 saturated heterocycles. The topological polar surface area (TPSA) is 365 Å². The van der Waals surface area contributed by atoms with Gasteiger partial charge in [0.1, 0.15) is 46.0 Å². The number of benzene rings is 4. The van der Waals surface area contributed by atoms with Crippen LogP contribution in [0.1, 0.15) is 72.3 Å². The third kappa shape index (κ3) is 27.0. The molecular formula is C105H78N12O16. The van der Waals surface area contributed by atoms with E-state index in [0.29, 0.717) is 166 Å². The predicted molar refractivity (Wildman–Crippen MR) is 501 cm³/mol. The summed E-state index contributed by atoms with van der Waals surface area (Å²) < 4.78 is 39.9. The summed E-state index contributed by atoms with van der Waals surface area (Å²) in [6.07, 6.45) is 28.9. The van der Waals surface area contributed by atoms with Gasteiger partial charge in [-0.1, -0.05) is 162 Å². The van der Waals surface area contributed by atoms with E-state index in [2.05, 4.69) is 159 Å². The first-order valence-corrected chi connectivity index (χ1v) is 40.6. The van der Waals surface area contributed by atoms with Crippen LogP contribution >= 0.6 is 0 Å². The Morgan fingerprint density at radius 3 is 0.662 bits per heavy atom. The molecule has 0 amide bonds. The Labute approximate surface area is 762 Å². The van der Waals surface area contributed by atoms with Crippen molar-refractivity contribution >= 4 is 100 Å². The summed E-state index contributed by atoms with van der Waals surface area (Å²) in [5.41, 5.74) is 22.1. The van der Waals surface area contributed by atoms with Gasteiger partial charge in [-0.2, -0.15) is 0 Å². The Morgan fingerprint density at radius 1 is 0.180 bits per heavy atom. The summed E-state index contributed by atoms with van der Waals surface area (Å²) in [7, 11) is 0. The third-order valence-electron chi connectivity index (χ3n) is 19.3. The molecule has 28 nitrogen and oxygen atoms in total. The minimum absolute atomic E-state index is 0.288. The molecule has 133 heavy (non-hydrogen) atoms. The molecule has 0 fully saturated rings. The van der Waals surface area contributed by atoms with Gasteiger partial charge in [-0.25, -0.2) is 19.9 Å². The van der Waals surface area contributed by atoms with Crippen LogP contribution < -0.4 is 37.9 Å². The highest BCUT2D eigenvalue weighted by molar-refractivity contribution is 5.79. The van der Waals surface area contributed by atoms with Crippen molar-refractivity contribution in [3.05, 3.63) is 358 Å². The number of pyridine rings is 12. The van der Waals surface area contributed by atoms with Crippen LogP contribution in [-0.2, 0) is 38.4 Å². The monoisotopic (exact) mass is 1760 g/mol. The Kier molecular flexibility index (Phi) is 32.2. The second-order valence-electron chi connectivity index (χ2n) is 28.8. The molecule has 12 aromatic heterocycles. The zero-order valence-electron chi connectivity index (χ0n) is 71.8. The zero-order valence-corrected chi connectivity index (χ0v) is 71.8. The van der Waals surface area contributed by atoms with E-state index in [1.165, 1.54) is 52.6 Å². The lowest BCUT2D eigenvalue weighted by molar-refractivity contribution is -0.121. The van der Waals surface area contributed by atoms with Crippen molar-refractivity contribution in [2.75, 3.05) is 0 Å². The smallest absolute Gasteiger partial charge is 0.298 e. The molecule has 0 spiro atoms. The van der Waals surface area contributed by atoms with E-state index in [4.69, 9.17) is 37.9 Å². The van der Waals surface area contributed by atoms with Gasteiger partial charge in [0.15, 0.2) is 0 Å². The van der Waals surface area contributed by atoms with Crippen LogP contribution in [0.15, 0.2) is 286 Å². The molecule has 0 aliphatic carbocycles. The molecule has 0 radical (unpaired) electrons. The number of aryl methyl sites for hydroxylation is 5. The maximum Gasteiger partial charge on any atom is 0.298 e. The number of nitrogens with zero attached hydrogens (tertiary/aromatic N) is 12. The number of carbonyl (C=O) groups is 8. The molecular weight excluding hydrogens is 1690 g/mol. The fourth-order valence-corrected chi connectivity index (χ4v) is 13.0. The predicted octanol–water partition coefficient (Wildman–Crippen LogP) is 19.3. The van der Waals surface area contributed by atoms with Crippen molar-refractivity contribution in [3.8, 4) is 137 Å².